The minimum atomic E-state index is -3.01. The normalized spacial score (nSPS) is 29.1. The molecule has 20 heavy (non-hydrogen) atoms. The first-order valence-corrected chi connectivity index (χ1v) is 8.88. The predicted molar refractivity (Wildman–Crippen MR) is 74.7 cm³/mol. The quantitative estimate of drug-likeness (QED) is 0.779. The molecular weight excluding hydrogens is 280 g/mol. The van der Waals surface area contributed by atoms with Crippen LogP contribution in [-0.2, 0) is 19.4 Å². The van der Waals surface area contributed by atoms with Gasteiger partial charge in [0.2, 0.25) is 11.8 Å². The Bertz CT molecular complexity index is 501. The number of hydrogen-bond acceptors (Lipinski definition) is 4. The lowest BCUT2D eigenvalue weighted by atomic mass is 10.1. The highest BCUT2D eigenvalue weighted by Crippen LogP contribution is 2.26. The van der Waals surface area contributed by atoms with Gasteiger partial charge in [0.15, 0.2) is 9.84 Å². The van der Waals surface area contributed by atoms with Crippen LogP contribution in [0.1, 0.15) is 26.7 Å². The van der Waals surface area contributed by atoms with Crippen molar-refractivity contribution in [3.05, 3.63) is 0 Å². The van der Waals surface area contributed by atoms with E-state index < -0.39 is 9.84 Å². The van der Waals surface area contributed by atoms with Crippen molar-refractivity contribution in [1.82, 2.24) is 10.2 Å². The summed E-state index contributed by atoms with van der Waals surface area (Å²) in [4.78, 5) is 25.5. The summed E-state index contributed by atoms with van der Waals surface area (Å²) < 4.78 is 23.0. The number of carbonyl (C=O) groups is 2. The molecule has 6 nitrogen and oxygen atoms in total. The smallest absolute Gasteiger partial charge is 0.225 e. The summed E-state index contributed by atoms with van der Waals surface area (Å²) in [6.45, 7) is 4.97. The topological polar surface area (TPSA) is 83.6 Å². The number of rotatable bonds is 4. The van der Waals surface area contributed by atoms with Crippen LogP contribution in [0, 0.1) is 11.8 Å². The SMILES string of the molecule is CC(C)CNC(=O)C1CC(=O)N(C2CCS(=O)(=O)C2)C1. The van der Waals surface area contributed by atoms with E-state index in [-0.39, 0.29) is 41.7 Å². The molecule has 2 atom stereocenters. The second-order valence-corrected chi connectivity index (χ2v) is 8.37. The maximum absolute atomic E-state index is 12.0. The van der Waals surface area contributed by atoms with Crippen LogP contribution in [0.3, 0.4) is 0 Å². The molecule has 2 aliphatic heterocycles. The number of nitrogens with one attached hydrogen (secondary N) is 1. The van der Waals surface area contributed by atoms with Gasteiger partial charge in [-0.05, 0) is 12.3 Å². The van der Waals surface area contributed by atoms with Crippen LogP contribution in [0.5, 0.6) is 0 Å². The molecule has 0 aromatic heterocycles. The summed E-state index contributed by atoms with van der Waals surface area (Å²) in [5, 5.41) is 2.84. The van der Waals surface area contributed by atoms with Crippen LogP contribution >= 0.6 is 0 Å². The van der Waals surface area contributed by atoms with Crippen LogP contribution in [0.25, 0.3) is 0 Å². The molecule has 0 spiro atoms. The molecule has 0 aromatic rings. The van der Waals surface area contributed by atoms with Crippen molar-refractivity contribution >= 4 is 21.7 Å². The second kappa shape index (κ2) is 5.71. The van der Waals surface area contributed by atoms with Crippen LogP contribution in [-0.4, -0.2) is 55.8 Å². The van der Waals surface area contributed by atoms with Gasteiger partial charge in [-0.2, -0.15) is 0 Å². The third-order valence-electron chi connectivity index (χ3n) is 3.86. The van der Waals surface area contributed by atoms with Gasteiger partial charge < -0.3 is 10.2 Å². The van der Waals surface area contributed by atoms with E-state index in [9.17, 15) is 18.0 Å². The lowest BCUT2D eigenvalue weighted by Crippen LogP contribution is -2.39. The number of nitrogens with zero attached hydrogens (tertiary/aromatic N) is 1. The molecule has 2 amide bonds. The maximum atomic E-state index is 12.0. The van der Waals surface area contributed by atoms with Gasteiger partial charge in [0.05, 0.1) is 17.4 Å². The minimum Gasteiger partial charge on any atom is -0.356 e. The summed E-state index contributed by atoms with van der Waals surface area (Å²) in [5.41, 5.74) is 0. The summed E-state index contributed by atoms with van der Waals surface area (Å²) in [6, 6.07) is -0.240. The number of amides is 2. The first kappa shape index (κ1) is 15.3. The van der Waals surface area contributed by atoms with Gasteiger partial charge in [-0.3, -0.25) is 9.59 Å². The van der Waals surface area contributed by atoms with E-state index in [1.54, 1.807) is 4.90 Å². The van der Waals surface area contributed by atoms with E-state index in [1.165, 1.54) is 0 Å². The van der Waals surface area contributed by atoms with E-state index in [0.717, 1.165) is 0 Å². The number of carbonyl (C=O) groups excluding carboxylic acids is 2. The third kappa shape index (κ3) is 3.50. The Kier molecular flexibility index (Phi) is 4.36. The minimum absolute atomic E-state index is 0.0407. The Hall–Kier alpha value is -1.11. The van der Waals surface area contributed by atoms with E-state index in [4.69, 9.17) is 0 Å². The van der Waals surface area contributed by atoms with Gasteiger partial charge >= 0.3 is 0 Å². The first-order valence-electron chi connectivity index (χ1n) is 7.06. The monoisotopic (exact) mass is 302 g/mol. The van der Waals surface area contributed by atoms with Crippen molar-refractivity contribution in [2.24, 2.45) is 11.8 Å². The van der Waals surface area contributed by atoms with E-state index >= 15 is 0 Å². The summed E-state index contributed by atoms with van der Waals surface area (Å²) >= 11 is 0. The average Bonchev–Trinajstić information content (AvgIpc) is 2.89. The zero-order chi connectivity index (χ0) is 14.9. The van der Waals surface area contributed by atoms with Crippen molar-refractivity contribution in [2.45, 2.75) is 32.7 Å². The highest BCUT2D eigenvalue weighted by Gasteiger charge is 2.41. The first-order chi connectivity index (χ1) is 9.28. The van der Waals surface area contributed by atoms with Crippen molar-refractivity contribution in [3.8, 4) is 0 Å². The van der Waals surface area contributed by atoms with Gasteiger partial charge in [0.25, 0.3) is 0 Å². The van der Waals surface area contributed by atoms with Crippen molar-refractivity contribution in [3.63, 3.8) is 0 Å². The molecule has 7 heteroatoms. The average molecular weight is 302 g/mol. The number of likely N-dealkylation sites (tertiary alicyclic amines) is 1. The van der Waals surface area contributed by atoms with E-state index in [2.05, 4.69) is 5.32 Å². The van der Waals surface area contributed by atoms with Crippen LogP contribution in [0.2, 0.25) is 0 Å². The molecule has 0 aliphatic carbocycles. The third-order valence-corrected chi connectivity index (χ3v) is 5.61. The summed E-state index contributed by atoms with van der Waals surface area (Å²) in [6.07, 6.45) is 0.689. The van der Waals surface area contributed by atoms with Crippen molar-refractivity contribution < 1.29 is 18.0 Å². The molecule has 2 unspecified atom stereocenters. The largest absolute Gasteiger partial charge is 0.356 e. The maximum Gasteiger partial charge on any atom is 0.225 e. The molecule has 0 aromatic carbocycles. The zero-order valence-corrected chi connectivity index (χ0v) is 12.8. The van der Waals surface area contributed by atoms with Crippen molar-refractivity contribution in [1.29, 1.82) is 0 Å². The molecule has 0 saturated carbocycles. The molecule has 2 heterocycles. The molecule has 114 valence electrons. The van der Waals surface area contributed by atoms with Gasteiger partial charge in [-0.1, -0.05) is 13.8 Å². The molecule has 2 rings (SSSR count). The Labute approximate surface area is 119 Å². The molecule has 0 bridgehead atoms. The van der Waals surface area contributed by atoms with Gasteiger partial charge in [0, 0.05) is 25.6 Å². The molecule has 2 fully saturated rings. The predicted octanol–water partition coefficient (Wildman–Crippen LogP) is -0.206. The van der Waals surface area contributed by atoms with Gasteiger partial charge in [-0.15, -0.1) is 0 Å². The number of hydrogen-bond donors (Lipinski definition) is 1. The summed E-state index contributed by atoms with van der Waals surface area (Å²) in [7, 11) is -3.01. The molecule has 1 N–H and O–H groups in total. The van der Waals surface area contributed by atoms with Crippen LogP contribution in [0.4, 0.5) is 0 Å². The van der Waals surface area contributed by atoms with E-state index in [1.807, 2.05) is 13.8 Å². The molecular formula is C13H22N2O4S. The lowest BCUT2D eigenvalue weighted by Gasteiger charge is -2.23. The van der Waals surface area contributed by atoms with Crippen LogP contribution < -0.4 is 5.32 Å². The van der Waals surface area contributed by atoms with Gasteiger partial charge in [0.1, 0.15) is 0 Å². The van der Waals surface area contributed by atoms with Gasteiger partial charge in [-0.25, -0.2) is 8.42 Å². The zero-order valence-electron chi connectivity index (χ0n) is 12.0. The molecule has 0 radical (unpaired) electrons. The fourth-order valence-electron chi connectivity index (χ4n) is 2.73. The Balaban J connectivity index is 1.92. The lowest BCUT2D eigenvalue weighted by molar-refractivity contribution is -0.130. The summed E-state index contributed by atoms with van der Waals surface area (Å²) in [5.74, 6) is 0.00829. The standard InChI is InChI=1S/C13H22N2O4S/c1-9(2)6-14-13(17)10-5-12(16)15(7-10)11-3-4-20(18,19)8-11/h9-11H,3-8H2,1-2H3,(H,14,17). The Morgan fingerprint density at radius 2 is 2.15 bits per heavy atom. The highest BCUT2D eigenvalue weighted by molar-refractivity contribution is 7.91. The fourth-order valence-corrected chi connectivity index (χ4v) is 4.46. The van der Waals surface area contributed by atoms with Crippen molar-refractivity contribution in [2.75, 3.05) is 24.6 Å². The fraction of sp³-hybridized carbons (Fsp3) is 0.846. The highest BCUT2D eigenvalue weighted by atomic mass is 32.2. The molecule has 2 saturated heterocycles. The second-order valence-electron chi connectivity index (χ2n) is 6.14. The van der Waals surface area contributed by atoms with Crippen LogP contribution in [0.15, 0.2) is 0 Å². The molecule has 2 aliphatic rings. The van der Waals surface area contributed by atoms with E-state index in [0.29, 0.717) is 25.4 Å². The number of sulfone groups is 1. The Morgan fingerprint density at radius 3 is 2.70 bits per heavy atom. The Morgan fingerprint density at radius 1 is 1.45 bits per heavy atom.